The molecular weight excluding hydrogens is 192 g/mol. The highest BCUT2D eigenvalue weighted by atomic mass is 16.6. The Hall–Kier alpha value is -1.77. The molecule has 2 rings (SSSR count). The van der Waals surface area contributed by atoms with Crippen molar-refractivity contribution in [1.29, 1.82) is 0 Å². The van der Waals surface area contributed by atoms with E-state index in [1.54, 1.807) is 13.0 Å². The molecule has 1 aromatic carbocycles. The first-order chi connectivity index (χ1) is 7.13. The van der Waals surface area contributed by atoms with Crippen molar-refractivity contribution >= 4 is 11.0 Å². The number of aryl methyl sites for hydroxylation is 1. The zero-order valence-electron chi connectivity index (χ0n) is 8.96. The van der Waals surface area contributed by atoms with Crippen LogP contribution in [-0.2, 0) is 0 Å². The lowest BCUT2D eigenvalue weighted by Crippen LogP contribution is -2.07. The lowest BCUT2D eigenvalue weighted by molar-refractivity contribution is 0.306. The van der Waals surface area contributed by atoms with Crippen molar-refractivity contribution in [2.45, 2.75) is 13.8 Å². The van der Waals surface area contributed by atoms with E-state index in [9.17, 15) is 4.79 Å². The third-order valence-corrected chi connectivity index (χ3v) is 2.42. The second-order valence-electron chi connectivity index (χ2n) is 3.55. The fraction of sp³-hybridized carbons (Fsp3) is 0.250. The SMILES string of the molecule is COc1oc2cc(C)ccc2c(=O)c1C. The van der Waals surface area contributed by atoms with Gasteiger partial charge < -0.3 is 9.15 Å². The number of hydrogen-bond acceptors (Lipinski definition) is 3. The maximum absolute atomic E-state index is 11.9. The van der Waals surface area contributed by atoms with Crippen LogP contribution >= 0.6 is 0 Å². The Balaban J connectivity index is 2.91. The molecule has 0 bridgehead atoms. The monoisotopic (exact) mass is 204 g/mol. The molecule has 0 saturated heterocycles. The largest absolute Gasteiger partial charge is 0.468 e. The maximum atomic E-state index is 11.9. The van der Waals surface area contributed by atoms with Crippen LogP contribution in [0.1, 0.15) is 11.1 Å². The summed E-state index contributed by atoms with van der Waals surface area (Å²) in [5.41, 5.74) is 2.10. The van der Waals surface area contributed by atoms with E-state index in [1.165, 1.54) is 7.11 Å². The Kier molecular flexibility index (Phi) is 2.23. The van der Waals surface area contributed by atoms with Crippen molar-refractivity contribution in [1.82, 2.24) is 0 Å². The smallest absolute Gasteiger partial charge is 0.291 e. The highest BCUT2D eigenvalue weighted by Gasteiger charge is 2.10. The van der Waals surface area contributed by atoms with Gasteiger partial charge in [-0.1, -0.05) is 6.07 Å². The van der Waals surface area contributed by atoms with Crippen LogP contribution in [0.15, 0.2) is 27.4 Å². The van der Waals surface area contributed by atoms with Crippen LogP contribution in [0.4, 0.5) is 0 Å². The summed E-state index contributed by atoms with van der Waals surface area (Å²) in [7, 11) is 1.49. The highest BCUT2D eigenvalue weighted by Crippen LogP contribution is 2.21. The summed E-state index contributed by atoms with van der Waals surface area (Å²) < 4.78 is 10.5. The molecule has 78 valence electrons. The fourth-order valence-corrected chi connectivity index (χ4v) is 1.57. The maximum Gasteiger partial charge on any atom is 0.291 e. The minimum atomic E-state index is -0.0342. The van der Waals surface area contributed by atoms with Crippen molar-refractivity contribution in [3.05, 3.63) is 39.5 Å². The van der Waals surface area contributed by atoms with Gasteiger partial charge in [-0.15, -0.1) is 0 Å². The van der Waals surface area contributed by atoms with Gasteiger partial charge in [-0.25, -0.2) is 0 Å². The van der Waals surface area contributed by atoms with E-state index in [0.29, 0.717) is 16.5 Å². The first-order valence-corrected chi connectivity index (χ1v) is 4.71. The van der Waals surface area contributed by atoms with Gasteiger partial charge in [-0.2, -0.15) is 0 Å². The Bertz CT molecular complexity index is 567. The van der Waals surface area contributed by atoms with Crippen molar-refractivity contribution in [2.24, 2.45) is 0 Å². The molecule has 0 amide bonds. The van der Waals surface area contributed by atoms with Crippen LogP contribution in [0.3, 0.4) is 0 Å². The van der Waals surface area contributed by atoms with E-state index in [0.717, 1.165) is 5.56 Å². The van der Waals surface area contributed by atoms with E-state index in [-0.39, 0.29) is 11.4 Å². The number of methoxy groups -OCH3 is 1. The van der Waals surface area contributed by atoms with Gasteiger partial charge in [0.25, 0.3) is 5.95 Å². The van der Waals surface area contributed by atoms with Crippen LogP contribution in [0.25, 0.3) is 11.0 Å². The summed E-state index contributed by atoms with van der Waals surface area (Å²) >= 11 is 0. The molecule has 0 spiro atoms. The van der Waals surface area contributed by atoms with E-state index in [1.807, 2.05) is 19.1 Å². The summed E-state index contributed by atoms with van der Waals surface area (Å²) in [5.74, 6) is 0.290. The third-order valence-electron chi connectivity index (χ3n) is 2.42. The predicted molar refractivity (Wildman–Crippen MR) is 58.5 cm³/mol. The third kappa shape index (κ3) is 1.50. The molecule has 2 aromatic rings. The minimum absolute atomic E-state index is 0.0342. The molecule has 0 aliphatic carbocycles. The van der Waals surface area contributed by atoms with Crippen molar-refractivity contribution in [3.63, 3.8) is 0 Å². The number of ether oxygens (including phenoxy) is 1. The van der Waals surface area contributed by atoms with Gasteiger partial charge in [-0.3, -0.25) is 4.79 Å². The normalized spacial score (nSPS) is 10.6. The molecule has 0 unspecified atom stereocenters. The number of rotatable bonds is 1. The summed E-state index contributed by atoms with van der Waals surface area (Å²) in [4.78, 5) is 11.9. The summed E-state index contributed by atoms with van der Waals surface area (Å²) in [6, 6.07) is 5.51. The van der Waals surface area contributed by atoms with E-state index >= 15 is 0 Å². The second-order valence-corrected chi connectivity index (χ2v) is 3.55. The van der Waals surface area contributed by atoms with E-state index in [4.69, 9.17) is 9.15 Å². The van der Waals surface area contributed by atoms with Crippen LogP contribution in [0, 0.1) is 13.8 Å². The summed E-state index contributed by atoms with van der Waals surface area (Å²) in [5, 5.41) is 0.596. The Morgan fingerprint density at radius 3 is 2.67 bits per heavy atom. The summed E-state index contributed by atoms with van der Waals surface area (Å²) in [6.45, 7) is 3.65. The van der Waals surface area contributed by atoms with Gasteiger partial charge >= 0.3 is 0 Å². The average molecular weight is 204 g/mol. The van der Waals surface area contributed by atoms with Crippen LogP contribution < -0.4 is 10.2 Å². The van der Waals surface area contributed by atoms with Crippen molar-refractivity contribution in [3.8, 4) is 5.95 Å². The highest BCUT2D eigenvalue weighted by molar-refractivity contribution is 5.78. The molecule has 3 nitrogen and oxygen atoms in total. The lowest BCUT2D eigenvalue weighted by Gasteiger charge is -2.05. The molecule has 0 aliphatic rings. The quantitative estimate of drug-likeness (QED) is 0.716. The summed E-state index contributed by atoms with van der Waals surface area (Å²) in [6.07, 6.45) is 0. The van der Waals surface area contributed by atoms with Gasteiger partial charge in [-0.05, 0) is 31.5 Å². The molecule has 0 N–H and O–H groups in total. The van der Waals surface area contributed by atoms with Gasteiger partial charge in [0.2, 0.25) is 0 Å². The zero-order chi connectivity index (χ0) is 11.0. The van der Waals surface area contributed by atoms with Gasteiger partial charge in [0.05, 0.1) is 18.1 Å². The number of fused-ring (bicyclic) bond motifs is 1. The van der Waals surface area contributed by atoms with Crippen LogP contribution in [0.2, 0.25) is 0 Å². The Morgan fingerprint density at radius 2 is 2.00 bits per heavy atom. The first-order valence-electron chi connectivity index (χ1n) is 4.71. The molecule has 0 radical (unpaired) electrons. The van der Waals surface area contributed by atoms with Gasteiger partial charge in [0.15, 0.2) is 5.43 Å². The van der Waals surface area contributed by atoms with Gasteiger partial charge in [0.1, 0.15) is 5.58 Å². The second kappa shape index (κ2) is 3.42. The standard InChI is InChI=1S/C12H12O3/c1-7-4-5-9-10(6-7)15-12(14-3)8(2)11(9)13/h4-6H,1-3H3. The Labute approximate surface area is 87.3 Å². The molecular formula is C12H12O3. The predicted octanol–water partition coefficient (Wildman–Crippen LogP) is 2.42. The van der Waals surface area contributed by atoms with E-state index in [2.05, 4.69) is 0 Å². The minimum Gasteiger partial charge on any atom is -0.468 e. The zero-order valence-corrected chi connectivity index (χ0v) is 8.96. The Morgan fingerprint density at radius 1 is 1.27 bits per heavy atom. The van der Waals surface area contributed by atoms with Crippen molar-refractivity contribution < 1.29 is 9.15 Å². The molecule has 0 aliphatic heterocycles. The van der Waals surface area contributed by atoms with E-state index < -0.39 is 0 Å². The molecule has 3 heteroatoms. The molecule has 1 aromatic heterocycles. The van der Waals surface area contributed by atoms with Crippen LogP contribution in [0.5, 0.6) is 5.95 Å². The number of benzene rings is 1. The molecule has 0 fully saturated rings. The molecule has 15 heavy (non-hydrogen) atoms. The first kappa shape index (κ1) is 9.77. The van der Waals surface area contributed by atoms with Crippen molar-refractivity contribution in [2.75, 3.05) is 7.11 Å². The molecule has 1 heterocycles. The lowest BCUT2D eigenvalue weighted by atomic mass is 10.1. The van der Waals surface area contributed by atoms with Gasteiger partial charge in [0, 0.05) is 0 Å². The van der Waals surface area contributed by atoms with Crippen LogP contribution in [-0.4, -0.2) is 7.11 Å². The molecule has 0 atom stereocenters. The fourth-order valence-electron chi connectivity index (χ4n) is 1.57. The average Bonchev–Trinajstić information content (AvgIpc) is 2.23. The molecule has 0 saturated carbocycles. The topological polar surface area (TPSA) is 39.4 Å². The number of hydrogen-bond donors (Lipinski definition) is 0.